The maximum absolute atomic E-state index is 11.8. The van der Waals surface area contributed by atoms with Crippen LogP contribution in [0.3, 0.4) is 0 Å². The van der Waals surface area contributed by atoms with Crippen LogP contribution >= 0.6 is 0 Å². The third-order valence-electron chi connectivity index (χ3n) is 3.56. The zero-order valence-electron chi connectivity index (χ0n) is 12.9. The van der Waals surface area contributed by atoms with E-state index in [0.29, 0.717) is 19.1 Å². The molecule has 0 spiro atoms. The van der Waals surface area contributed by atoms with Crippen LogP contribution in [0.1, 0.15) is 30.9 Å². The summed E-state index contributed by atoms with van der Waals surface area (Å²) in [5.74, 6) is -0.0219. The van der Waals surface area contributed by atoms with Crippen LogP contribution in [0.4, 0.5) is 10.5 Å². The van der Waals surface area contributed by atoms with Crippen LogP contribution in [0.25, 0.3) is 0 Å². The first-order valence-corrected chi connectivity index (χ1v) is 7.37. The molecule has 5 heteroatoms. The molecule has 1 saturated carbocycles. The fraction of sp³-hybridized carbons (Fsp3) is 0.500. The third kappa shape index (κ3) is 4.48. The fourth-order valence-electron chi connectivity index (χ4n) is 2.30. The minimum Gasteiger partial charge on any atom is -0.336 e. The standard InChI is InChI=1S/C16H23N3O2/c1-11-4-7-15(12(2)10-11)19(13(3)20)9-8-17-16(21)18-14-5-6-14/h4,7,10,14H,5-6,8-9H2,1-3H3,(H2,17,18,21). The molecule has 0 bridgehead atoms. The van der Waals surface area contributed by atoms with Crippen LogP contribution in [0.15, 0.2) is 18.2 Å². The zero-order chi connectivity index (χ0) is 15.4. The molecule has 1 aromatic carbocycles. The Labute approximate surface area is 125 Å². The first-order valence-electron chi connectivity index (χ1n) is 7.37. The highest BCUT2D eigenvalue weighted by atomic mass is 16.2. The zero-order valence-corrected chi connectivity index (χ0v) is 12.9. The third-order valence-corrected chi connectivity index (χ3v) is 3.56. The number of rotatable bonds is 5. The molecule has 0 saturated heterocycles. The Hall–Kier alpha value is -2.04. The summed E-state index contributed by atoms with van der Waals surface area (Å²) >= 11 is 0. The van der Waals surface area contributed by atoms with E-state index in [4.69, 9.17) is 0 Å². The van der Waals surface area contributed by atoms with Gasteiger partial charge in [-0.05, 0) is 38.3 Å². The lowest BCUT2D eigenvalue weighted by molar-refractivity contribution is -0.116. The summed E-state index contributed by atoms with van der Waals surface area (Å²) in [7, 11) is 0. The highest BCUT2D eigenvalue weighted by molar-refractivity contribution is 5.92. The molecule has 1 aliphatic carbocycles. The first-order chi connectivity index (χ1) is 9.97. The quantitative estimate of drug-likeness (QED) is 0.872. The topological polar surface area (TPSA) is 61.4 Å². The number of hydrogen-bond acceptors (Lipinski definition) is 2. The molecule has 21 heavy (non-hydrogen) atoms. The van der Waals surface area contributed by atoms with Crippen LogP contribution in [0, 0.1) is 13.8 Å². The van der Waals surface area contributed by atoms with Crippen molar-refractivity contribution in [3.63, 3.8) is 0 Å². The largest absolute Gasteiger partial charge is 0.336 e. The number of carbonyl (C=O) groups is 2. The molecule has 0 unspecified atom stereocenters. The maximum Gasteiger partial charge on any atom is 0.315 e. The first kappa shape index (κ1) is 15.4. The van der Waals surface area contributed by atoms with Crippen molar-refractivity contribution in [1.82, 2.24) is 10.6 Å². The Bertz CT molecular complexity index is 538. The van der Waals surface area contributed by atoms with Gasteiger partial charge in [0.25, 0.3) is 0 Å². The molecule has 2 rings (SSSR count). The Morgan fingerprint density at radius 1 is 1.29 bits per heavy atom. The molecule has 3 amide bonds. The van der Waals surface area contributed by atoms with Crippen molar-refractivity contribution in [2.45, 2.75) is 39.7 Å². The molecule has 0 heterocycles. The van der Waals surface area contributed by atoms with E-state index in [0.717, 1.165) is 24.1 Å². The van der Waals surface area contributed by atoms with Gasteiger partial charge in [0.1, 0.15) is 0 Å². The minimum atomic E-state index is -0.151. The van der Waals surface area contributed by atoms with E-state index in [1.54, 1.807) is 11.8 Å². The number of nitrogens with one attached hydrogen (secondary N) is 2. The summed E-state index contributed by atoms with van der Waals surface area (Å²) in [6.07, 6.45) is 2.13. The number of aryl methyl sites for hydroxylation is 2. The van der Waals surface area contributed by atoms with Gasteiger partial charge in [0.15, 0.2) is 0 Å². The highest BCUT2D eigenvalue weighted by Crippen LogP contribution is 2.21. The highest BCUT2D eigenvalue weighted by Gasteiger charge is 2.23. The second kappa shape index (κ2) is 6.61. The number of nitrogens with zero attached hydrogens (tertiary/aromatic N) is 1. The Balaban J connectivity index is 1.92. The van der Waals surface area contributed by atoms with Crippen LogP contribution in [0.5, 0.6) is 0 Å². The second-order valence-corrected chi connectivity index (χ2v) is 5.64. The lowest BCUT2D eigenvalue weighted by Crippen LogP contribution is -2.42. The summed E-state index contributed by atoms with van der Waals surface area (Å²) < 4.78 is 0. The number of amides is 3. The summed E-state index contributed by atoms with van der Waals surface area (Å²) in [5.41, 5.74) is 3.13. The Morgan fingerprint density at radius 3 is 2.57 bits per heavy atom. The Morgan fingerprint density at radius 2 is 2.00 bits per heavy atom. The van der Waals surface area contributed by atoms with Gasteiger partial charge in [-0.2, -0.15) is 0 Å². The van der Waals surface area contributed by atoms with E-state index in [2.05, 4.69) is 16.7 Å². The van der Waals surface area contributed by atoms with Crippen molar-refractivity contribution < 1.29 is 9.59 Å². The van der Waals surface area contributed by atoms with Crippen molar-refractivity contribution in [3.8, 4) is 0 Å². The number of urea groups is 1. The number of benzene rings is 1. The predicted molar refractivity (Wildman–Crippen MR) is 83.5 cm³/mol. The summed E-state index contributed by atoms with van der Waals surface area (Å²) in [4.78, 5) is 25.1. The second-order valence-electron chi connectivity index (χ2n) is 5.64. The molecule has 1 aliphatic rings. The van der Waals surface area contributed by atoms with Crippen molar-refractivity contribution in [3.05, 3.63) is 29.3 Å². The molecule has 5 nitrogen and oxygen atoms in total. The van der Waals surface area contributed by atoms with Gasteiger partial charge in [0, 0.05) is 31.7 Å². The normalized spacial score (nSPS) is 13.7. The van der Waals surface area contributed by atoms with Crippen LogP contribution in [-0.4, -0.2) is 31.1 Å². The average molecular weight is 289 g/mol. The number of anilines is 1. The van der Waals surface area contributed by atoms with Crippen LogP contribution < -0.4 is 15.5 Å². The van der Waals surface area contributed by atoms with Gasteiger partial charge in [0.2, 0.25) is 5.91 Å². The molecule has 0 aliphatic heterocycles. The van der Waals surface area contributed by atoms with Gasteiger partial charge >= 0.3 is 6.03 Å². The van der Waals surface area contributed by atoms with Crippen LogP contribution in [-0.2, 0) is 4.79 Å². The molecular formula is C16H23N3O2. The van der Waals surface area contributed by atoms with E-state index in [1.165, 1.54) is 5.56 Å². The lowest BCUT2D eigenvalue weighted by Gasteiger charge is -2.23. The van der Waals surface area contributed by atoms with E-state index in [1.807, 2.05) is 26.0 Å². The van der Waals surface area contributed by atoms with Gasteiger partial charge in [-0.3, -0.25) is 4.79 Å². The SMILES string of the molecule is CC(=O)N(CCNC(=O)NC1CC1)c1ccc(C)cc1C. The summed E-state index contributed by atoms with van der Waals surface area (Å²) in [6, 6.07) is 6.19. The Kier molecular flexibility index (Phi) is 4.83. The van der Waals surface area contributed by atoms with Crippen molar-refractivity contribution in [2.24, 2.45) is 0 Å². The lowest BCUT2D eigenvalue weighted by atomic mass is 10.1. The molecular weight excluding hydrogens is 266 g/mol. The van der Waals surface area contributed by atoms with Crippen molar-refractivity contribution in [2.75, 3.05) is 18.0 Å². The molecule has 2 N–H and O–H groups in total. The van der Waals surface area contributed by atoms with E-state index < -0.39 is 0 Å². The van der Waals surface area contributed by atoms with Gasteiger partial charge in [-0.15, -0.1) is 0 Å². The van der Waals surface area contributed by atoms with Crippen molar-refractivity contribution >= 4 is 17.6 Å². The van der Waals surface area contributed by atoms with E-state index >= 15 is 0 Å². The molecule has 0 atom stereocenters. The van der Waals surface area contributed by atoms with Crippen molar-refractivity contribution in [1.29, 1.82) is 0 Å². The molecule has 0 aromatic heterocycles. The van der Waals surface area contributed by atoms with Gasteiger partial charge in [-0.25, -0.2) is 4.79 Å². The molecule has 114 valence electrons. The average Bonchev–Trinajstić information content (AvgIpc) is 3.19. The van der Waals surface area contributed by atoms with Gasteiger partial charge in [0.05, 0.1) is 0 Å². The number of hydrogen-bond donors (Lipinski definition) is 2. The van der Waals surface area contributed by atoms with Gasteiger partial charge in [-0.1, -0.05) is 17.7 Å². The fourth-order valence-corrected chi connectivity index (χ4v) is 2.30. The number of carbonyl (C=O) groups excluding carboxylic acids is 2. The van der Waals surface area contributed by atoms with E-state index in [9.17, 15) is 9.59 Å². The van der Waals surface area contributed by atoms with Crippen LogP contribution in [0.2, 0.25) is 0 Å². The maximum atomic E-state index is 11.8. The summed E-state index contributed by atoms with van der Waals surface area (Å²) in [6.45, 7) is 6.47. The van der Waals surface area contributed by atoms with E-state index in [-0.39, 0.29) is 11.9 Å². The minimum absolute atomic E-state index is 0.0219. The predicted octanol–water partition coefficient (Wildman–Crippen LogP) is 2.12. The smallest absolute Gasteiger partial charge is 0.315 e. The monoisotopic (exact) mass is 289 g/mol. The van der Waals surface area contributed by atoms with Gasteiger partial charge < -0.3 is 15.5 Å². The molecule has 1 aromatic rings. The molecule has 1 fully saturated rings. The summed E-state index contributed by atoms with van der Waals surface area (Å²) in [5, 5.41) is 5.66. The molecule has 0 radical (unpaired) electrons.